The Balaban J connectivity index is 1.65. The zero-order chi connectivity index (χ0) is 20.8. The van der Waals surface area contributed by atoms with Crippen molar-refractivity contribution in [2.45, 2.75) is 39.5 Å². The molecule has 0 saturated carbocycles. The highest BCUT2D eigenvalue weighted by Crippen LogP contribution is 2.31. The normalized spacial score (nSPS) is 18.7. The third kappa shape index (κ3) is 5.15. The van der Waals surface area contributed by atoms with Crippen LogP contribution in [0.15, 0.2) is 54.6 Å². The van der Waals surface area contributed by atoms with E-state index in [1.165, 1.54) is 0 Å². The van der Waals surface area contributed by atoms with Gasteiger partial charge in [-0.15, -0.1) is 0 Å². The number of nitrogens with one attached hydrogen (secondary N) is 1. The van der Waals surface area contributed by atoms with Gasteiger partial charge in [0.05, 0.1) is 5.92 Å². The van der Waals surface area contributed by atoms with E-state index in [9.17, 15) is 9.59 Å². The predicted octanol–water partition coefficient (Wildman–Crippen LogP) is 3.77. The molecule has 1 aliphatic rings. The Morgan fingerprint density at radius 2 is 1.86 bits per heavy atom. The number of anilines is 1. The number of likely N-dealkylation sites (tertiary alicyclic amines) is 1. The van der Waals surface area contributed by atoms with Crippen molar-refractivity contribution in [3.05, 3.63) is 65.7 Å². The number of hydrogen-bond donors (Lipinski definition) is 2. The van der Waals surface area contributed by atoms with Gasteiger partial charge < -0.3 is 20.7 Å². The molecule has 2 amide bonds. The molecular weight excluding hydrogens is 366 g/mol. The highest BCUT2D eigenvalue weighted by Gasteiger charge is 2.43. The zero-order valence-corrected chi connectivity index (χ0v) is 17.0. The molecule has 3 N–H and O–H groups in total. The van der Waals surface area contributed by atoms with Crippen molar-refractivity contribution in [2.75, 3.05) is 11.9 Å². The fraction of sp³-hybridized carbons (Fsp3) is 0.391. The fourth-order valence-electron chi connectivity index (χ4n) is 3.95. The first kappa shape index (κ1) is 20.9. The third-order valence-electron chi connectivity index (χ3n) is 5.34. The summed E-state index contributed by atoms with van der Waals surface area (Å²) in [6.45, 7) is 5.22. The summed E-state index contributed by atoms with van der Waals surface area (Å²) < 4.78 is 5.51. The molecule has 1 fully saturated rings. The van der Waals surface area contributed by atoms with Crippen molar-refractivity contribution in [1.82, 2.24) is 4.90 Å². The monoisotopic (exact) mass is 395 g/mol. The lowest BCUT2D eigenvalue weighted by molar-refractivity contribution is -0.120. The van der Waals surface area contributed by atoms with E-state index >= 15 is 0 Å². The van der Waals surface area contributed by atoms with Gasteiger partial charge in [0.25, 0.3) is 0 Å². The number of nitrogens with zero attached hydrogens (tertiary/aromatic N) is 1. The summed E-state index contributed by atoms with van der Waals surface area (Å²) >= 11 is 0. The van der Waals surface area contributed by atoms with Gasteiger partial charge >= 0.3 is 6.09 Å². The lowest BCUT2D eigenvalue weighted by Gasteiger charge is -2.30. The van der Waals surface area contributed by atoms with Crippen molar-refractivity contribution >= 4 is 17.7 Å². The quantitative estimate of drug-likeness (QED) is 0.780. The second-order valence-corrected chi connectivity index (χ2v) is 7.76. The van der Waals surface area contributed by atoms with Gasteiger partial charge in [-0.3, -0.25) is 4.79 Å². The van der Waals surface area contributed by atoms with Crippen molar-refractivity contribution in [2.24, 2.45) is 17.6 Å². The van der Waals surface area contributed by atoms with Crippen LogP contribution < -0.4 is 11.1 Å². The minimum absolute atomic E-state index is 0.0729. The molecule has 0 radical (unpaired) electrons. The van der Waals surface area contributed by atoms with Crippen LogP contribution in [0.25, 0.3) is 0 Å². The first-order chi connectivity index (χ1) is 14.0. The lowest BCUT2D eigenvalue weighted by Crippen LogP contribution is -2.44. The molecule has 2 aromatic carbocycles. The van der Waals surface area contributed by atoms with E-state index in [1.54, 1.807) is 4.90 Å². The molecule has 2 atom stereocenters. The molecule has 0 aromatic heterocycles. The summed E-state index contributed by atoms with van der Waals surface area (Å²) in [6.07, 6.45) is 0.249. The minimum atomic E-state index is -0.368. The second-order valence-electron chi connectivity index (χ2n) is 7.76. The van der Waals surface area contributed by atoms with E-state index < -0.39 is 0 Å². The Labute approximate surface area is 172 Å². The van der Waals surface area contributed by atoms with Crippen LogP contribution in [0.4, 0.5) is 10.5 Å². The van der Waals surface area contributed by atoms with Crippen LogP contribution in [-0.2, 0) is 22.7 Å². The average Bonchev–Trinajstić information content (AvgIpc) is 3.19. The van der Waals surface area contributed by atoms with E-state index in [0.717, 1.165) is 16.8 Å². The molecule has 154 valence electrons. The Bertz CT molecular complexity index is 838. The zero-order valence-electron chi connectivity index (χ0n) is 17.0. The Hall–Kier alpha value is -2.86. The van der Waals surface area contributed by atoms with Crippen molar-refractivity contribution in [1.29, 1.82) is 0 Å². The summed E-state index contributed by atoms with van der Waals surface area (Å²) in [7, 11) is 0. The van der Waals surface area contributed by atoms with Crippen LogP contribution in [-0.4, -0.2) is 29.5 Å². The Kier molecular flexibility index (Phi) is 6.88. The number of nitrogens with two attached hydrogens (primary N) is 1. The summed E-state index contributed by atoms with van der Waals surface area (Å²) in [6, 6.07) is 16.9. The van der Waals surface area contributed by atoms with Gasteiger partial charge in [-0.1, -0.05) is 56.3 Å². The number of hydrogen-bond acceptors (Lipinski definition) is 4. The molecule has 29 heavy (non-hydrogen) atoms. The molecule has 1 aliphatic heterocycles. The number of carbonyl (C=O) groups is 2. The summed E-state index contributed by atoms with van der Waals surface area (Å²) in [5.74, 6) is -0.218. The van der Waals surface area contributed by atoms with E-state index in [-0.39, 0.29) is 36.5 Å². The van der Waals surface area contributed by atoms with Gasteiger partial charge in [0.2, 0.25) is 5.91 Å². The molecule has 6 heteroatoms. The van der Waals surface area contributed by atoms with Gasteiger partial charge in [0.1, 0.15) is 6.61 Å². The maximum Gasteiger partial charge on any atom is 0.410 e. The highest BCUT2D eigenvalue weighted by atomic mass is 16.6. The van der Waals surface area contributed by atoms with E-state index in [0.29, 0.717) is 19.5 Å². The van der Waals surface area contributed by atoms with Gasteiger partial charge in [0.15, 0.2) is 0 Å². The van der Waals surface area contributed by atoms with Crippen molar-refractivity contribution < 1.29 is 14.3 Å². The van der Waals surface area contributed by atoms with Gasteiger partial charge in [-0.25, -0.2) is 4.79 Å². The molecule has 0 bridgehead atoms. The van der Waals surface area contributed by atoms with E-state index in [1.807, 2.05) is 68.4 Å². The number of benzene rings is 2. The highest BCUT2D eigenvalue weighted by molar-refractivity contribution is 5.93. The van der Waals surface area contributed by atoms with E-state index in [4.69, 9.17) is 10.5 Å². The first-order valence-electron chi connectivity index (χ1n) is 10.1. The standard InChI is InChI=1S/C23H29N3O3/c1-16(2)21-20(22(27)25-19-10-6-9-18(13-19)14-24)11-12-26(21)23(28)29-15-17-7-4-3-5-8-17/h3-10,13,16,20-21H,11-12,14-15,24H2,1-2H3,(H,25,27)/t20-,21-/m1/s1. The fourth-order valence-corrected chi connectivity index (χ4v) is 3.95. The Morgan fingerprint density at radius 3 is 2.55 bits per heavy atom. The predicted molar refractivity (Wildman–Crippen MR) is 113 cm³/mol. The third-order valence-corrected chi connectivity index (χ3v) is 5.34. The molecule has 3 rings (SSSR count). The van der Waals surface area contributed by atoms with Crippen LogP contribution in [0.2, 0.25) is 0 Å². The number of ether oxygens (including phenoxy) is 1. The van der Waals surface area contributed by atoms with Crippen LogP contribution in [0, 0.1) is 11.8 Å². The summed E-state index contributed by atoms with van der Waals surface area (Å²) in [4.78, 5) is 27.4. The van der Waals surface area contributed by atoms with Gasteiger partial charge in [0, 0.05) is 24.8 Å². The number of rotatable bonds is 6. The second kappa shape index (κ2) is 9.56. The molecule has 0 aliphatic carbocycles. The van der Waals surface area contributed by atoms with Crippen LogP contribution in [0.5, 0.6) is 0 Å². The molecule has 0 spiro atoms. The molecule has 2 aromatic rings. The number of amides is 2. The topological polar surface area (TPSA) is 84.7 Å². The smallest absolute Gasteiger partial charge is 0.410 e. The summed E-state index contributed by atoms with van der Waals surface area (Å²) in [5, 5.41) is 2.99. The average molecular weight is 396 g/mol. The minimum Gasteiger partial charge on any atom is -0.445 e. The van der Waals surface area contributed by atoms with Crippen molar-refractivity contribution in [3.63, 3.8) is 0 Å². The van der Waals surface area contributed by atoms with Crippen LogP contribution in [0.1, 0.15) is 31.4 Å². The lowest BCUT2D eigenvalue weighted by atomic mass is 9.90. The maximum absolute atomic E-state index is 13.0. The SMILES string of the molecule is CC(C)[C@@H]1[C@H](C(=O)Nc2cccc(CN)c2)CCN1C(=O)OCc1ccccc1. The summed E-state index contributed by atoms with van der Waals surface area (Å²) in [5.41, 5.74) is 8.31. The van der Waals surface area contributed by atoms with Gasteiger partial charge in [-0.2, -0.15) is 0 Å². The number of carbonyl (C=O) groups excluding carboxylic acids is 2. The van der Waals surface area contributed by atoms with Crippen molar-refractivity contribution in [3.8, 4) is 0 Å². The molecular formula is C23H29N3O3. The Morgan fingerprint density at radius 1 is 1.14 bits per heavy atom. The van der Waals surface area contributed by atoms with Crippen LogP contribution in [0.3, 0.4) is 0 Å². The largest absolute Gasteiger partial charge is 0.445 e. The van der Waals surface area contributed by atoms with Gasteiger partial charge in [-0.05, 0) is 35.6 Å². The molecule has 0 unspecified atom stereocenters. The molecule has 1 heterocycles. The maximum atomic E-state index is 13.0. The molecule has 6 nitrogen and oxygen atoms in total. The first-order valence-corrected chi connectivity index (χ1v) is 10.1. The molecule has 1 saturated heterocycles. The van der Waals surface area contributed by atoms with Crippen LogP contribution >= 0.6 is 0 Å². The van der Waals surface area contributed by atoms with E-state index in [2.05, 4.69) is 5.32 Å².